The van der Waals surface area contributed by atoms with Gasteiger partial charge in [-0.25, -0.2) is 0 Å². The molecule has 0 bridgehead atoms. The van der Waals surface area contributed by atoms with Gasteiger partial charge in [0.1, 0.15) is 0 Å². The standard InChI is InChI=1S/C14H14F3N3S/c1-20(2)13-7-3-11(4-8-13)18-19-12-5-9-14(10-6-12)21(15,16)17/h3-10H,1-2H3. The van der Waals surface area contributed by atoms with Crippen molar-refractivity contribution in [1.29, 1.82) is 0 Å². The summed E-state index contributed by atoms with van der Waals surface area (Å²) in [6, 6.07) is 12.1. The lowest BCUT2D eigenvalue weighted by Gasteiger charge is -2.11. The number of anilines is 1. The first-order valence-electron chi connectivity index (χ1n) is 6.08. The molecule has 2 aromatic carbocycles. The average Bonchev–Trinajstić information content (AvgIpc) is 2.45. The zero-order valence-electron chi connectivity index (χ0n) is 11.5. The van der Waals surface area contributed by atoms with Crippen molar-refractivity contribution in [1.82, 2.24) is 0 Å². The fourth-order valence-electron chi connectivity index (χ4n) is 1.60. The zero-order valence-corrected chi connectivity index (χ0v) is 12.3. The molecule has 0 N–H and O–H groups in total. The van der Waals surface area contributed by atoms with Gasteiger partial charge in [-0.15, -0.1) is 11.7 Å². The number of nitrogens with zero attached hydrogens (tertiary/aromatic N) is 3. The molecule has 0 aliphatic carbocycles. The second kappa shape index (κ2) is 6.17. The second-order valence-electron chi connectivity index (χ2n) is 4.51. The van der Waals surface area contributed by atoms with Crippen LogP contribution >= 0.6 is 11.2 Å². The number of benzene rings is 2. The average molecular weight is 313 g/mol. The van der Waals surface area contributed by atoms with Crippen molar-refractivity contribution in [2.45, 2.75) is 4.90 Å². The molecular formula is C14H14F3N3S. The van der Waals surface area contributed by atoms with Gasteiger partial charge in [0.25, 0.3) is 0 Å². The Labute approximate surface area is 123 Å². The van der Waals surface area contributed by atoms with E-state index in [2.05, 4.69) is 10.2 Å². The normalized spacial score (nSPS) is 12.6. The van der Waals surface area contributed by atoms with E-state index in [4.69, 9.17) is 0 Å². The van der Waals surface area contributed by atoms with E-state index in [0.717, 1.165) is 17.8 Å². The van der Waals surface area contributed by atoms with Gasteiger partial charge in [-0.3, -0.25) is 0 Å². The van der Waals surface area contributed by atoms with Crippen LogP contribution in [0.5, 0.6) is 0 Å². The lowest BCUT2D eigenvalue weighted by atomic mass is 10.3. The Morgan fingerprint density at radius 1 is 0.762 bits per heavy atom. The summed E-state index contributed by atoms with van der Waals surface area (Å²) in [5.74, 6) is 0. The van der Waals surface area contributed by atoms with Crippen molar-refractivity contribution in [3.05, 3.63) is 48.5 Å². The van der Waals surface area contributed by atoms with Crippen molar-refractivity contribution >= 4 is 28.2 Å². The van der Waals surface area contributed by atoms with E-state index in [1.807, 2.05) is 31.1 Å². The number of azo groups is 1. The third kappa shape index (κ3) is 4.22. The van der Waals surface area contributed by atoms with Gasteiger partial charge in [0.2, 0.25) is 11.2 Å². The highest BCUT2D eigenvalue weighted by atomic mass is 32.3. The topological polar surface area (TPSA) is 28.0 Å². The highest BCUT2D eigenvalue weighted by Gasteiger charge is 2.23. The molecule has 0 saturated heterocycles. The van der Waals surface area contributed by atoms with Crippen LogP contribution in [0.15, 0.2) is 63.7 Å². The summed E-state index contributed by atoms with van der Waals surface area (Å²) in [6.45, 7) is 0. The molecule has 0 atom stereocenters. The Bertz CT molecular complexity index is 619. The molecule has 21 heavy (non-hydrogen) atoms. The van der Waals surface area contributed by atoms with Crippen LogP contribution in [-0.4, -0.2) is 14.1 Å². The van der Waals surface area contributed by atoms with Gasteiger partial charge < -0.3 is 4.90 Å². The van der Waals surface area contributed by atoms with Crippen LogP contribution in [0, 0.1) is 0 Å². The summed E-state index contributed by atoms with van der Waals surface area (Å²) in [5.41, 5.74) is 2.07. The first-order valence-corrected chi connectivity index (χ1v) is 7.41. The van der Waals surface area contributed by atoms with Crippen LogP contribution in [0.25, 0.3) is 0 Å². The molecule has 0 aromatic heterocycles. The molecule has 0 amide bonds. The van der Waals surface area contributed by atoms with Gasteiger partial charge in [-0.2, -0.15) is 10.2 Å². The van der Waals surface area contributed by atoms with E-state index < -0.39 is 16.1 Å². The largest absolute Gasteiger partial charge is 0.378 e. The molecule has 0 radical (unpaired) electrons. The highest BCUT2D eigenvalue weighted by molar-refractivity contribution is 8.20. The van der Waals surface area contributed by atoms with Crippen molar-refractivity contribution in [2.24, 2.45) is 10.2 Å². The minimum atomic E-state index is -5.18. The molecule has 2 rings (SSSR count). The summed E-state index contributed by atoms with van der Waals surface area (Å²) in [4.78, 5) is 1.34. The molecule has 0 fully saturated rings. The summed E-state index contributed by atoms with van der Waals surface area (Å²) in [5, 5.41) is 7.93. The molecule has 0 aliphatic rings. The predicted molar refractivity (Wildman–Crippen MR) is 80.6 cm³/mol. The third-order valence-corrected chi connectivity index (χ3v) is 3.56. The summed E-state index contributed by atoms with van der Waals surface area (Å²) < 4.78 is 37.5. The predicted octanol–water partition coefficient (Wildman–Crippen LogP) is 5.99. The van der Waals surface area contributed by atoms with E-state index in [9.17, 15) is 11.7 Å². The first-order chi connectivity index (χ1) is 9.86. The SMILES string of the molecule is CN(C)c1ccc(N=Nc2ccc(S(F)(F)F)cc2)cc1. The van der Waals surface area contributed by atoms with Crippen LogP contribution in [0.4, 0.5) is 28.7 Å². The fraction of sp³-hybridized carbons (Fsp3) is 0.143. The molecule has 112 valence electrons. The van der Waals surface area contributed by atoms with E-state index in [1.54, 1.807) is 12.1 Å². The van der Waals surface area contributed by atoms with Crippen molar-refractivity contribution < 1.29 is 11.7 Å². The molecule has 0 spiro atoms. The van der Waals surface area contributed by atoms with Crippen molar-refractivity contribution in [3.63, 3.8) is 0 Å². The van der Waals surface area contributed by atoms with Crippen molar-refractivity contribution in [3.8, 4) is 0 Å². The summed E-state index contributed by atoms with van der Waals surface area (Å²) in [7, 11) is 3.86. The van der Waals surface area contributed by atoms with Gasteiger partial charge in [-0.1, -0.05) is 0 Å². The highest BCUT2D eigenvalue weighted by Crippen LogP contribution is 2.60. The lowest BCUT2D eigenvalue weighted by molar-refractivity contribution is 0.633. The molecule has 2 aromatic rings. The van der Waals surface area contributed by atoms with Gasteiger partial charge in [0.05, 0.1) is 16.3 Å². The molecule has 0 heterocycles. The Kier molecular flexibility index (Phi) is 4.52. The number of halogens is 3. The second-order valence-corrected chi connectivity index (χ2v) is 5.80. The van der Waals surface area contributed by atoms with Crippen LogP contribution in [0.1, 0.15) is 0 Å². The van der Waals surface area contributed by atoms with E-state index in [1.165, 1.54) is 12.1 Å². The maximum Gasteiger partial charge on any atom is 0.237 e. The Balaban J connectivity index is 2.10. The van der Waals surface area contributed by atoms with Crippen LogP contribution in [0.2, 0.25) is 0 Å². The summed E-state index contributed by atoms with van der Waals surface area (Å²) in [6.07, 6.45) is 0. The smallest absolute Gasteiger partial charge is 0.237 e. The van der Waals surface area contributed by atoms with Gasteiger partial charge in [0.15, 0.2) is 0 Å². The molecular weight excluding hydrogens is 299 g/mol. The summed E-state index contributed by atoms with van der Waals surface area (Å²) >= 11 is -5.18. The third-order valence-electron chi connectivity index (χ3n) is 2.75. The van der Waals surface area contributed by atoms with Crippen LogP contribution in [-0.2, 0) is 0 Å². The van der Waals surface area contributed by atoms with Gasteiger partial charge in [0, 0.05) is 19.8 Å². The molecule has 3 nitrogen and oxygen atoms in total. The fourth-order valence-corrected chi connectivity index (χ4v) is 2.04. The molecule has 0 unspecified atom stereocenters. The van der Waals surface area contributed by atoms with E-state index >= 15 is 0 Å². The number of rotatable bonds is 4. The van der Waals surface area contributed by atoms with E-state index in [0.29, 0.717) is 11.4 Å². The lowest BCUT2D eigenvalue weighted by Crippen LogP contribution is -2.07. The Morgan fingerprint density at radius 3 is 1.57 bits per heavy atom. The minimum absolute atomic E-state index is 0.388. The van der Waals surface area contributed by atoms with E-state index in [-0.39, 0.29) is 0 Å². The molecule has 0 aliphatic heterocycles. The minimum Gasteiger partial charge on any atom is -0.378 e. The Hall–Kier alpha value is -2.02. The molecule has 0 saturated carbocycles. The zero-order chi connectivity index (χ0) is 15.5. The number of hydrogen-bond acceptors (Lipinski definition) is 3. The number of hydrogen-bond donors (Lipinski definition) is 0. The first kappa shape index (κ1) is 15.4. The Morgan fingerprint density at radius 2 is 1.19 bits per heavy atom. The quantitative estimate of drug-likeness (QED) is 0.638. The maximum absolute atomic E-state index is 12.5. The van der Waals surface area contributed by atoms with Crippen molar-refractivity contribution in [2.75, 3.05) is 19.0 Å². The van der Waals surface area contributed by atoms with Gasteiger partial charge >= 0.3 is 0 Å². The molecule has 7 heteroatoms. The van der Waals surface area contributed by atoms with Crippen LogP contribution in [0.3, 0.4) is 0 Å². The van der Waals surface area contributed by atoms with Crippen LogP contribution < -0.4 is 4.90 Å². The maximum atomic E-state index is 12.5. The van der Waals surface area contributed by atoms with Gasteiger partial charge in [-0.05, 0) is 48.5 Å². The monoisotopic (exact) mass is 313 g/mol.